The molecule has 0 bridgehead atoms. The lowest BCUT2D eigenvalue weighted by molar-refractivity contribution is -0.304. The predicted octanol–water partition coefficient (Wildman–Crippen LogP) is -3.90. The Kier molecular flexibility index (Phi) is 7.25. The van der Waals surface area contributed by atoms with Gasteiger partial charge in [0.1, 0.15) is 42.4 Å². The highest BCUT2D eigenvalue weighted by Crippen LogP contribution is 2.28. The number of aromatic nitrogens is 5. The Balaban J connectivity index is 1.35. The molecule has 4 heterocycles. The van der Waals surface area contributed by atoms with Crippen molar-refractivity contribution in [3.63, 3.8) is 0 Å². The van der Waals surface area contributed by atoms with Crippen LogP contribution in [0.1, 0.15) is 23.9 Å². The average molecular weight is 485 g/mol. The van der Waals surface area contributed by atoms with Gasteiger partial charge in [-0.25, -0.2) is 9.48 Å². The summed E-state index contributed by atoms with van der Waals surface area (Å²) in [5.41, 5.74) is -0.450. The first kappa shape index (κ1) is 24.6. The van der Waals surface area contributed by atoms with E-state index < -0.39 is 67.0 Å². The third-order valence-corrected chi connectivity index (χ3v) is 5.86. The van der Waals surface area contributed by atoms with Crippen molar-refractivity contribution in [2.24, 2.45) is 0 Å². The fourth-order valence-corrected chi connectivity index (χ4v) is 3.90. The van der Waals surface area contributed by atoms with Gasteiger partial charge in [-0.15, -0.1) is 5.10 Å². The summed E-state index contributed by atoms with van der Waals surface area (Å²) in [6, 6.07) is 0. The Hall–Kier alpha value is -2.50. The largest absolute Gasteiger partial charge is 0.394 e. The zero-order valence-electron chi connectivity index (χ0n) is 18.2. The molecule has 188 valence electrons. The molecule has 0 aliphatic carbocycles. The van der Waals surface area contributed by atoms with Crippen molar-refractivity contribution >= 4 is 0 Å². The maximum Gasteiger partial charge on any atom is 0.330 e. The van der Waals surface area contributed by atoms with Crippen LogP contribution in [0.5, 0.6) is 0 Å². The van der Waals surface area contributed by atoms with Gasteiger partial charge in [0.2, 0.25) is 0 Å². The molecule has 8 atom stereocenters. The van der Waals surface area contributed by atoms with Gasteiger partial charge in [-0.3, -0.25) is 14.3 Å². The second kappa shape index (κ2) is 10.0. The van der Waals surface area contributed by atoms with Gasteiger partial charge in [0, 0.05) is 18.2 Å². The molecule has 2 fully saturated rings. The highest BCUT2D eigenvalue weighted by molar-refractivity contribution is 5.02. The summed E-state index contributed by atoms with van der Waals surface area (Å²) in [5, 5.41) is 57.2. The molecule has 15 nitrogen and oxygen atoms in total. The van der Waals surface area contributed by atoms with E-state index in [1.807, 2.05) is 0 Å². The predicted molar refractivity (Wildman–Crippen MR) is 109 cm³/mol. The highest BCUT2D eigenvalue weighted by Gasteiger charge is 2.44. The maximum atomic E-state index is 12.1. The number of H-pyrrole nitrogens is 1. The van der Waals surface area contributed by atoms with Crippen molar-refractivity contribution in [1.29, 1.82) is 0 Å². The van der Waals surface area contributed by atoms with E-state index in [9.17, 15) is 35.1 Å². The number of aromatic amines is 1. The SMILES string of the molecule is Cc1cn([C@H]2C[C@H](O)[C@@H](Cn3cc(CO[C@@H]4O[C@H](CO)[C@@H](O)[C@H](O)[C@H]4O)nn3)O2)c(=O)[nH]c1=O. The molecule has 2 saturated heterocycles. The molecule has 34 heavy (non-hydrogen) atoms. The average Bonchev–Trinajstić information content (AvgIpc) is 3.40. The summed E-state index contributed by atoms with van der Waals surface area (Å²) in [5.74, 6) is 0. The Labute approximate surface area is 191 Å². The molecule has 0 spiro atoms. The highest BCUT2D eigenvalue weighted by atomic mass is 16.7. The zero-order valence-corrected chi connectivity index (χ0v) is 18.2. The molecule has 0 radical (unpaired) electrons. The van der Waals surface area contributed by atoms with Crippen molar-refractivity contribution in [2.45, 2.75) is 75.6 Å². The molecule has 2 aliphatic rings. The number of aliphatic hydroxyl groups excluding tert-OH is 5. The van der Waals surface area contributed by atoms with E-state index in [1.54, 1.807) is 6.92 Å². The Morgan fingerprint density at radius 3 is 2.62 bits per heavy atom. The van der Waals surface area contributed by atoms with Crippen LogP contribution in [-0.4, -0.2) is 99.6 Å². The summed E-state index contributed by atoms with van der Waals surface area (Å²) in [7, 11) is 0. The van der Waals surface area contributed by atoms with Crippen LogP contribution in [0.15, 0.2) is 22.0 Å². The van der Waals surface area contributed by atoms with Gasteiger partial charge in [0.25, 0.3) is 5.56 Å². The molecular weight excluding hydrogens is 458 g/mol. The van der Waals surface area contributed by atoms with E-state index in [0.29, 0.717) is 11.3 Å². The minimum atomic E-state index is -1.56. The van der Waals surface area contributed by atoms with Gasteiger partial charge in [-0.2, -0.15) is 0 Å². The molecular formula is C19H27N5O10. The number of aliphatic hydroxyl groups is 5. The molecule has 2 aliphatic heterocycles. The van der Waals surface area contributed by atoms with Crippen LogP contribution in [0.25, 0.3) is 0 Å². The van der Waals surface area contributed by atoms with E-state index in [1.165, 1.54) is 21.6 Å². The molecule has 15 heteroatoms. The minimum absolute atomic E-state index is 0.113. The lowest BCUT2D eigenvalue weighted by Crippen LogP contribution is -2.59. The Morgan fingerprint density at radius 2 is 1.88 bits per heavy atom. The monoisotopic (exact) mass is 485 g/mol. The lowest BCUT2D eigenvalue weighted by Gasteiger charge is -2.39. The molecule has 0 saturated carbocycles. The Bertz CT molecular complexity index is 1100. The quantitative estimate of drug-likeness (QED) is 0.222. The first-order chi connectivity index (χ1) is 16.2. The standard InChI is InChI=1S/C19H27N5O10/c1-8-3-24(19(31)20-17(8)30)13-2-10(26)11(33-13)5-23-4-9(21-22-23)7-32-18-16(29)15(28)14(27)12(6-25)34-18/h3-4,10-16,18,25-29H,2,5-7H2,1H3,(H,20,30,31)/t10-,11+,12+,13+,14+,15-,16+,18+/m0/s1. The third-order valence-electron chi connectivity index (χ3n) is 5.86. The van der Waals surface area contributed by atoms with E-state index >= 15 is 0 Å². The summed E-state index contributed by atoms with van der Waals surface area (Å²) in [6.07, 6.45) is -6.31. The van der Waals surface area contributed by atoms with E-state index in [4.69, 9.17) is 14.2 Å². The number of nitrogens with one attached hydrogen (secondary N) is 1. The van der Waals surface area contributed by atoms with Crippen LogP contribution in [0.3, 0.4) is 0 Å². The molecule has 6 N–H and O–H groups in total. The number of rotatable bonds is 7. The fraction of sp³-hybridized carbons (Fsp3) is 0.684. The second-order valence-electron chi connectivity index (χ2n) is 8.35. The topological polar surface area (TPSA) is 214 Å². The van der Waals surface area contributed by atoms with Gasteiger partial charge < -0.3 is 39.7 Å². The van der Waals surface area contributed by atoms with Crippen molar-refractivity contribution in [2.75, 3.05) is 6.61 Å². The van der Waals surface area contributed by atoms with Gasteiger partial charge >= 0.3 is 5.69 Å². The first-order valence-corrected chi connectivity index (χ1v) is 10.6. The number of nitrogens with zero attached hydrogens (tertiary/aromatic N) is 4. The number of ether oxygens (including phenoxy) is 3. The number of hydrogen-bond donors (Lipinski definition) is 6. The summed E-state index contributed by atoms with van der Waals surface area (Å²) in [4.78, 5) is 25.9. The van der Waals surface area contributed by atoms with Crippen molar-refractivity contribution in [1.82, 2.24) is 24.5 Å². The third kappa shape index (κ3) is 4.96. The van der Waals surface area contributed by atoms with Gasteiger partial charge in [-0.05, 0) is 6.92 Å². The van der Waals surface area contributed by atoms with Crippen LogP contribution in [-0.2, 0) is 27.4 Å². The van der Waals surface area contributed by atoms with Crippen LogP contribution >= 0.6 is 0 Å². The van der Waals surface area contributed by atoms with Crippen molar-refractivity contribution in [3.05, 3.63) is 44.5 Å². The van der Waals surface area contributed by atoms with Crippen LogP contribution in [0.2, 0.25) is 0 Å². The van der Waals surface area contributed by atoms with Gasteiger partial charge in [-0.1, -0.05) is 5.21 Å². The lowest BCUT2D eigenvalue weighted by atomic mass is 9.99. The zero-order chi connectivity index (χ0) is 24.6. The minimum Gasteiger partial charge on any atom is -0.394 e. The van der Waals surface area contributed by atoms with Crippen molar-refractivity contribution in [3.8, 4) is 0 Å². The molecule has 4 rings (SSSR count). The fourth-order valence-electron chi connectivity index (χ4n) is 3.90. The van der Waals surface area contributed by atoms with Gasteiger partial charge in [0.05, 0.1) is 32.1 Å². The van der Waals surface area contributed by atoms with E-state index in [0.717, 1.165) is 0 Å². The normalized spacial score (nSPS) is 33.9. The number of aryl methyl sites for hydroxylation is 1. The maximum absolute atomic E-state index is 12.1. The van der Waals surface area contributed by atoms with Crippen LogP contribution in [0, 0.1) is 6.92 Å². The number of hydrogen-bond acceptors (Lipinski definition) is 12. The smallest absolute Gasteiger partial charge is 0.330 e. The van der Waals surface area contributed by atoms with Crippen LogP contribution in [0.4, 0.5) is 0 Å². The summed E-state index contributed by atoms with van der Waals surface area (Å²) >= 11 is 0. The molecule has 2 aromatic rings. The van der Waals surface area contributed by atoms with Crippen LogP contribution < -0.4 is 11.2 Å². The van der Waals surface area contributed by atoms with E-state index in [-0.39, 0.29) is 19.6 Å². The van der Waals surface area contributed by atoms with Crippen molar-refractivity contribution < 1.29 is 39.7 Å². The summed E-state index contributed by atoms with van der Waals surface area (Å²) < 4.78 is 19.1. The molecule has 0 aromatic carbocycles. The molecule has 0 unspecified atom stereocenters. The first-order valence-electron chi connectivity index (χ1n) is 10.6. The Morgan fingerprint density at radius 1 is 1.12 bits per heavy atom. The molecule has 0 amide bonds. The van der Waals surface area contributed by atoms with Gasteiger partial charge in [0.15, 0.2) is 6.29 Å². The second-order valence-corrected chi connectivity index (χ2v) is 8.35. The van der Waals surface area contributed by atoms with E-state index in [2.05, 4.69) is 15.3 Å². The molecule has 2 aromatic heterocycles. The summed E-state index contributed by atoms with van der Waals surface area (Å²) in [6.45, 7) is 0.935.